The normalized spacial score (nSPS) is 11.1. The van der Waals surface area contributed by atoms with Crippen LogP contribution in [0.1, 0.15) is 15.4 Å². The number of nitrogens with zero attached hydrogens (tertiary/aromatic N) is 3. The lowest BCUT2D eigenvalue weighted by molar-refractivity contribution is 0.111. The number of fused-ring (bicyclic) bond motifs is 1. The predicted octanol–water partition coefficient (Wildman–Crippen LogP) is 4.37. The Labute approximate surface area is 156 Å². The molecule has 3 heterocycles. The highest BCUT2D eigenvalue weighted by Gasteiger charge is 2.15. The maximum Gasteiger partial charge on any atom is 0.178 e. The summed E-state index contributed by atoms with van der Waals surface area (Å²) in [6.07, 6.45) is 3.85. The van der Waals surface area contributed by atoms with Gasteiger partial charge in [-0.15, -0.1) is 0 Å². The lowest BCUT2D eigenvalue weighted by Crippen LogP contribution is -2.01. The molecule has 0 saturated carbocycles. The van der Waals surface area contributed by atoms with Crippen LogP contribution >= 0.6 is 11.3 Å². The van der Waals surface area contributed by atoms with Crippen LogP contribution in [0.15, 0.2) is 42.7 Å². The van der Waals surface area contributed by atoms with E-state index in [4.69, 9.17) is 4.74 Å². The third kappa shape index (κ3) is 3.19. The summed E-state index contributed by atoms with van der Waals surface area (Å²) in [5.41, 5.74) is 2.02. The Hall–Kier alpha value is -3.13. The van der Waals surface area contributed by atoms with E-state index in [-0.39, 0.29) is 18.6 Å². The Bertz CT molecular complexity index is 1150. The topological polar surface area (TPSA) is 57.0 Å². The van der Waals surface area contributed by atoms with Crippen LogP contribution in [0.3, 0.4) is 0 Å². The summed E-state index contributed by atoms with van der Waals surface area (Å²) in [5, 5.41) is 0.595. The van der Waals surface area contributed by atoms with Gasteiger partial charge in [-0.05, 0) is 30.3 Å². The summed E-state index contributed by atoms with van der Waals surface area (Å²) < 4.78 is 34.8. The minimum absolute atomic E-state index is 0.0125. The molecule has 8 heteroatoms. The average molecular weight is 385 g/mol. The van der Waals surface area contributed by atoms with Crippen molar-refractivity contribution in [1.29, 1.82) is 0 Å². The Morgan fingerprint density at radius 1 is 1.30 bits per heavy atom. The van der Waals surface area contributed by atoms with Crippen molar-refractivity contribution in [3.05, 3.63) is 64.9 Å². The van der Waals surface area contributed by atoms with Crippen LogP contribution in [0.2, 0.25) is 0 Å². The number of aldehydes is 1. The van der Waals surface area contributed by atoms with Crippen molar-refractivity contribution in [2.24, 2.45) is 7.05 Å². The highest BCUT2D eigenvalue weighted by Crippen LogP contribution is 2.28. The second-order valence-corrected chi connectivity index (χ2v) is 6.90. The van der Waals surface area contributed by atoms with E-state index in [1.165, 1.54) is 11.3 Å². The molecular weight excluding hydrogens is 372 g/mol. The van der Waals surface area contributed by atoms with E-state index >= 15 is 0 Å². The van der Waals surface area contributed by atoms with E-state index in [0.717, 1.165) is 28.2 Å². The lowest BCUT2D eigenvalue weighted by atomic mass is 10.2. The number of carbonyl (C=O) groups excluding carboxylic acids is 1. The number of pyridine rings is 1. The smallest absolute Gasteiger partial charge is 0.178 e. The van der Waals surface area contributed by atoms with Crippen molar-refractivity contribution < 1.29 is 18.3 Å². The number of carbonyl (C=O) groups is 1. The van der Waals surface area contributed by atoms with Gasteiger partial charge in [0.2, 0.25) is 0 Å². The summed E-state index contributed by atoms with van der Waals surface area (Å²) in [7, 11) is 1.95. The SMILES string of the molecule is Cn1cccc1-c1cnc2sc(COc3ccc(F)c(C=O)c3F)nc2c1. The quantitative estimate of drug-likeness (QED) is 0.479. The first-order valence-electron chi connectivity index (χ1n) is 8.00. The molecule has 4 aromatic rings. The standard InChI is InChI=1S/C19H13F2N3O2S/c1-24-6-2-3-15(24)11-7-14-19(22-8-11)27-17(23-14)10-26-16-5-4-13(20)12(9-25)18(16)21/h2-9H,10H2,1H3. The first-order chi connectivity index (χ1) is 13.1. The fourth-order valence-corrected chi connectivity index (χ4v) is 3.54. The molecule has 3 aromatic heterocycles. The zero-order valence-electron chi connectivity index (χ0n) is 14.1. The molecule has 0 saturated heterocycles. The summed E-state index contributed by atoms with van der Waals surface area (Å²) in [4.78, 5) is 20.4. The zero-order chi connectivity index (χ0) is 19.0. The minimum atomic E-state index is -1.02. The van der Waals surface area contributed by atoms with Crippen molar-refractivity contribution in [2.45, 2.75) is 6.61 Å². The molecule has 0 fully saturated rings. The van der Waals surface area contributed by atoms with Gasteiger partial charge in [-0.2, -0.15) is 0 Å². The summed E-state index contributed by atoms with van der Waals surface area (Å²) in [6, 6.07) is 8.01. The first kappa shape index (κ1) is 17.3. The molecule has 0 unspecified atom stereocenters. The number of hydrogen-bond donors (Lipinski definition) is 0. The number of aromatic nitrogens is 3. The molecule has 136 valence electrons. The second kappa shape index (κ2) is 6.88. The Kier molecular flexibility index (Phi) is 4.41. The molecule has 27 heavy (non-hydrogen) atoms. The fourth-order valence-electron chi connectivity index (χ4n) is 2.74. The van der Waals surface area contributed by atoms with Crippen LogP contribution < -0.4 is 4.74 Å². The predicted molar refractivity (Wildman–Crippen MR) is 97.9 cm³/mol. The second-order valence-electron chi connectivity index (χ2n) is 5.84. The number of halogens is 2. The van der Waals surface area contributed by atoms with Gasteiger partial charge in [-0.25, -0.2) is 18.7 Å². The number of aryl methyl sites for hydroxylation is 1. The number of thiazole rings is 1. The van der Waals surface area contributed by atoms with Crippen LogP contribution in [0.5, 0.6) is 5.75 Å². The van der Waals surface area contributed by atoms with Crippen molar-refractivity contribution in [3.8, 4) is 17.0 Å². The third-order valence-electron chi connectivity index (χ3n) is 4.09. The third-order valence-corrected chi connectivity index (χ3v) is 5.04. The van der Waals surface area contributed by atoms with Gasteiger partial charge in [0.05, 0.1) is 5.56 Å². The Morgan fingerprint density at radius 3 is 2.89 bits per heavy atom. The Balaban J connectivity index is 1.58. The van der Waals surface area contributed by atoms with Crippen LogP contribution in [0.4, 0.5) is 8.78 Å². The summed E-state index contributed by atoms with van der Waals surface area (Å²) in [6.45, 7) is -0.0125. The van der Waals surface area contributed by atoms with E-state index in [0.29, 0.717) is 10.5 Å². The van der Waals surface area contributed by atoms with E-state index in [9.17, 15) is 13.6 Å². The van der Waals surface area contributed by atoms with E-state index in [2.05, 4.69) is 9.97 Å². The van der Waals surface area contributed by atoms with Gasteiger partial charge in [0.15, 0.2) is 17.9 Å². The molecule has 0 N–H and O–H groups in total. The first-order valence-corrected chi connectivity index (χ1v) is 8.81. The molecule has 1 aromatic carbocycles. The molecule has 0 aliphatic rings. The van der Waals surface area contributed by atoms with Crippen molar-refractivity contribution in [1.82, 2.24) is 14.5 Å². The molecule has 0 aliphatic heterocycles. The van der Waals surface area contributed by atoms with E-state index < -0.39 is 17.2 Å². The fraction of sp³-hybridized carbons (Fsp3) is 0.105. The monoisotopic (exact) mass is 385 g/mol. The van der Waals surface area contributed by atoms with Crippen molar-refractivity contribution in [3.63, 3.8) is 0 Å². The molecular formula is C19H13F2N3O2S. The molecule has 0 spiro atoms. The van der Waals surface area contributed by atoms with Crippen LogP contribution in [0.25, 0.3) is 21.6 Å². The highest BCUT2D eigenvalue weighted by molar-refractivity contribution is 7.18. The number of ether oxygens (including phenoxy) is 1. The zero-order valence-corrected chi connectivity index (χ0v) is 15.0. The average Bonchev–Trinajstić information content (AvgIpc) is 3.26. The molecule has 4 rings (SSSR count). The molecule has 0 atom stereocenters. The largest absolute Gasteiger partial charge is 0.483 e. The van der Waals surface area contributed by atoms with Crippen molar-refractivity contribution >= 4 is 28.0 Å². The van der Waals surface area contributed by atoms with Gasteiger partial charge in [0.25, 0.3) is 0 Å². The summed E-state index contributed by atoms with van der Waals surface area (Å²) in [5.74, 6) is -2.14. The maximum atomic E-state index is 14.1. The van der Waals surface area contributed by atoms with E-state index in [1.54, 1.807) is 6.20 Å². The van der Waals surface area contributed by atoms with Crippen LogP contribution in [0, 0.1) is 11.6 Å². The molecule has 0 amide bonds. The summed E-state index contributed by atoms with van der Waals surface area (Å²) >= 11 is 1.33. The number of benzene rings is 1. The van der Waals surface area contributed by atoms with Crippen LogP contribution in [-0.2, 0) is 13.7 Å². The Morgan fingerprint density at radius 2 is 2.15 bits per heavy atom. The van der Waals surface area contributed by atoms with Crippen molar-refractivity contribution in [2.75, 3.05) is 0 Å². The molecule has 5 nitrogen and oxygen atoms in total. The van der Waals surface area contributed by atoms with Gasteiger partial charge in [-0.3, -0.25) is 4.79 Å². The highest BCUT2D eigenvalue weighted by atomic mass is 32.1. The van der Waals surface area contributed by atoms with E-state index in [1.807, 2.05) is 36.0 Å². The van der Waals surface area contributed by atoms with Gasteiger partial charge in [-0.1, -0.05) is 11.3 Å². The molecule has 0 aliphatic carbocycles. The van der Waals surface area contributed by atoms with Gasteiger partial charge in [0, 0.05) is 30.7 Å². The molecule has 0 radical (unpaired) electrons. The van der Waals surface area contributed by atoms with Gasteiger partial charge in [0.1, 0.15) is 27.8 Å². The van der Waals surface area contributed by atoms with Crippen LogP contribution in [-0.4, -0.2) is 20.8 Å². The minimum Gasteiger partial charge on any atom is -0.483 e. The maximum absolute atomic E-state index is 14.1. The lowest BCUT2D eigenvalue weighted by Gasteiger charge is -2.07. The van der Waals surface area contributed by atoms with Gasteiger partial charge >= 0.3 is 0 Å². The number of rotatable bonds is 5. The van der Waals surface area contributed by atoms with Gasteiger partial charge < -0.3 is 9.30 Å². The number of hydrogen-bond acceptors (Lipinski definition) is 5. The molecule has 0 bridgehead atoms.